The van der Waals surface area contributed by atoms with Crippen molar-refractivity contribution in [3.63, 3.8) is 0 Å². The molecule has 0 bridgehead atoms. The van der Waals surface area contributed by atoms with Gasteiger partial charge in [0.2, 0.25) is 0 Å². The number of hydrogen-bond acceptors (Lipinski definition) is 8. The topological polar surface area (TPSA) is 79.1 Å². The van der Waals surface area contributed by atoms with E-state index in [0.717, 1.165) is 10.4 Å². The summed E-state index contributed by atoms with van der Waals surface area (Å²) in [6.07, 6.45) is 1.77. The molecule has 1 unspecified atom stereocenters. The predicted molar refractivity (Wildman–Crippen MR) is 144 cm³/mol. The average molecular weight is 533 g/mol. The van der Waals surface area contributed by atoms with Gasteiger partial charge in [0.25, 0.3) is 5.56 Å². The van der Waals surface area contributed by atoms with Gasteiger partial charge in [-0.15, -0.1) is 11.3 Å². The number of benzene rings is 2. The minimum atomic E-state index is -0.631. The molecular weight excluding hydrogens is 508 g/mol. The number of allylic oxidation sites excluding steroid dienone is 1. The summed E-state index contributed by atoms with van der Waals surface area (Å²) in [5, 5.41) is 1.93. The summed E-state index contributed by atoms with van der Waals surface area (Å²) < 4.78 is 18.6. The van der Waals surface area contributed by atoms with E-state index < -0.39 is 12.0 Å². The normalized spacial score (nSPS) is 15.2. The lowest BCUT2D eigenvalue weighted by atomic mass is 10.0. The van der Waals surface area contributed by atoms with E-state index >= 15 is 0 Å². The highest BCUT2D eigenvalue weighted by Gasteiger charge is 2.34. The van der Waals surface area contributed by atoms with E-state index in [9.17, 15) is 9.59 Å². The first-order valence-electron chi connectivity index (χ1n) is 11.5. The molecule has 0 saturated heterocycles. The Morgan fingerprint density at radius 1 is 1.08 bits per heavy atom. The minimum absolute atomic E-state index is 0.133. The third-order valence-electron chi connectivity index (χ3n) is 5.99. The maximum absolute atomic E-state index is 13.8. The van der Waals surface area contributed by atoms with Gasteiger partial charge in [-0.3, -0.25) is 9.36 Å². The first-order valence-corrected chi connectivity index (χ1v) is 13.2. The van der Waals surface area contributed by atoms with Gasteiger partial charge in [-0.25, -0.2) is 9.79 Å². The Balaban J connectivity index is 1.60. The molecule has 9 heteroatoms. The van der Waals surface area contributed by atoms with Crippen molar-refractivity contribution in [1.82, 2.24) is 4.57 Å². The molecule has 1 aliphatic heterocycles. The Hall–Kier alpha value is -3.95. The van der Waals surface area contributed by atoms with E-state index in [1.165, 1.54) is 22.7 Å². The highest BCUT2D eigenvalue weighted by molar-refractivity contribution is 7.10. The van der Waals surface area contributed by atoms with E-state index in [2.05, 4.69) is 4.99 Å². The number of esters is 1. The van der Waals surface area contributed by atoms with E-state index in [1.54, 1.807) is 43.9 Å². The fourth-order valence-electron chi connectivity index (χ4n) is 4.19. The Bertz CT molecular complexity index is 1650. The lowest BCUT2D eigenvalue weighted by Gasteiger charge is -2.23. The van der Waals surface area contributed by atoms with Crippen LogP contribution < -0.4 is 24.4 Å². The number of carbonyl (C=O) groups excluding carboxylic acids is 1. The average Bonchev–Trinajstić information content (AvgIpc) is 3.55. The maximum atomic E-state index is 13.8. The first kappa shape index (κ1) is 24.7. The standard InChI is InChI=1S/C28H24N2O5S2/c1-17-24(27(32)35-16-18-8-5-4-6-9-18)25(22-10-7-13-36-22)30-26(31)23(37-28(30)29-17)15-19-14-20(33-2)11-12-21(19)34-3/h4-15,25H,16H2,1-3H3. The van der Waals surface area contributed by atoms with Crippen molar-refractivity contribution in [2.45, 2.75) is 19.6 Å². The summed E-state index contributed by atoms with van der Waals surface area (Å²) in [6, 6.07) is 18.1. The molecule has 0 spiro atoms. The molecular formula is C28H24N2O5S2. The summed E-state index contributed by atoms with van der Waals surface area (Å²) in [5.41, 5.74) is 2.23. The molecule has 7 nitrogen and oxygen atoms in total. The predicted octanol–water partition coefficient (Wildman–Crippen LogP) is 4.06. The van der Waals surface area contributed by atoms with E-state index in [1.807, 2.05) is 53.9 Å². The number of nitrogens with zero attached hydrogens (tertiary/aromatic N) is 2. The maximum Gasteiger partial charge on any atom is 0.338 e. The molecule has 0 radical (unpaired) electrons. The second-order valence-corrected chi connectivity index (χ2v) is 10.3. The Kier molecular flexibility index (Phi) is 7.07. The number of carbonyl (C=O) groups is 1. The van der Waals surface area contributed by atoms with Crippen LogP contribution in [0, 0.1) is 0 Å². The smallest absolute Gasteiger partial charge is 0.338 e. The third kappa shape index (κ3) is 4.87. The van der Waals surface area contributed by atoms with Crippen LogP contribution in [-0.2, 0) is 16.1 Å². The monoisotopic (exact) mass is 532 g/mol. The Morgan fingerprint density at radius 2 is 1.89 bits per heavy atom. The Morgan fingerprint density at radius 3 is 2.59 bits per heavy atom. The molecule has 4 aromatic rings. The largest absolute Gasteiger partial charge is 0.497 e. The minimum Gasteiger partial charge on any atom is -0.497 e. The molecule has 2 aromatic heterocycles. The zero-order valence-corrected chi connectivity index (χ0v) is 22.1. The van der Waals surface area contributed by atoms with Gasteiger partial charge >= 0.3 is 5.97 Å². The van der Waals surface area contributed by atoms with Crippen molar-refractivity contribution in [3.05, 3.63) is 113 Å². The molecule has 0 amide bonds. The highest BCUT2D eigenvalue weighted by Crippen LogP contribution is 2.33. The van der Waals surface area contributed by atoms with Crippen molar-refractivity contribution in [3.8, 4) is 11.5 Å². The fourth-order valence-corrected chi connectivity index (χ4v) is 6.05. The van der Waals surface area contributed by atoms with E-state index in [0.29, 0.717) is 37.7 Å². The molecule has 5 rings (SSSR count). The number of hydrogen-bond donors (Lipinski definition) is 0. The summed E-state index contributed by atoms with van der Waals surface area (Å²) in [7, 11) is 3.16. The van der Waals surface area contributed by atoms with Crippen LogP contribution in [0.15, 0.2) is 87.1 Å². The van der Waals surface area contributed by atoms with Crippen LogP contribution in [0.3, 0.4) is 0 Å². The van der Waals surface area contributed by atoms with Gasteiger partial charge in [0.05, 0.1) is 30.0 Å². The zero-order valence-electron chi connectivity index (χ0n) is 20.5. The summed E-state index contributed by atoms with van der Waals surface area (Å²) >= 11 is 2.75. The van der Waals surface area contributed by atoms with Crippen LogP contribution in [0.4, 0.5) is 0 Å². The van der Waals surface area contributed by atoms with E-state index in [-0.39, 0.29) is 12.2 Å². The molecule has 1 aliphatic rings. The lowest BCUT2D eigenvalue weighted by molar-refractivity contribution is -0.140. The van der Waals surface area contributed by atoms with Crippen molar-refractivity contribution in [1.29, 1.82) is 0 Å². The fraction of sp³-hybridized carbons (Fsp3) is 0.179. The van der Waals surface area contributed by atoms with Crippen LogP contribution in [0.2, 0.25) is 0 Å². The summed E-state index contributed by atoms with van der Waals surface area (Å²) in [4.78, 5) is 33.2. The van der Waals surface area contributed by atoms with Gasteiger partial charge in [0.15, 0.2) is 4.80 Å². The number of methoxy groups -OCH3 is 2. The van der Waals surface area contributed by atoms with Crippen molar-refractivity contribution in [2.75, 3.05) is 14.2 Å². The van der Waals surface area contributed by atoms with Crippen LogP contribution in [0.5, 0.6) is 11.5 Å². The number of thiophene rings is 1. The van der Waals surface area contributed by atoms with Gasteiger partial charge in [-0.2, -0.15) is 0 Å². The molecule has 188 valence electrons. The molecule has 2 aromatic carbocycles. The van der Waals surface area contributed by atoms with Crippen molar-refractivity contribution < 1.29 is 19.0 Å². The van der Waals surface area contributed by atoms with Gasteiger partial charge in [0.1, 0.15) is 24.1 Å². The number of thiazole rings is 1. The first-order chi connectivity index (χ1) is 18.0. The Labute approximate surface area is 221 Å². The molecule has 37 heavy (non-hydrogen) atoms. The molecule has 0 saturated carbocycles. The van der Waals surface area contributed by atoms with Gasteiger partial charge < -0.3 is 14.2 Å². The summed E-state index contributed by atoms with van der Waals surface area (Å²) in [6.45, 7) is 1.91. The van der Waals surface area contributed by atoms with Crippen LogP contribution in [-0.4, -0.2) is 24.8 Å². The van der Waals surface area contributed by atoms with Gasteiger partial charge in [-0.1, -0.05) is 47.7 Å². The van der Waals surface area contributed by atoms with E-state index in [4.69, 9.17) is 14.2 Å². The molecule has 3 heterocycles. The lowest BCUT2D eigenvalue weighted by Crippen LogP contribution is -2.39. The summed E-state index contributed by atoms with van der Waals surface area (Å²) in [5.74, 6) is 0.769. The number of rotatable bonds is 7. The van der Waals surface area contributed by atoms with Crippen LogP contribution >= 0.6 is 22.7 Å². The van der Waals surface area contributed by atoms with Gasteiger partial charge in [0, 0.05) is 10.4 Å². The van der Waals surface area contributed by atoms with Crippen LogP contribution in [0.25, 0.3) is 6.08 Å². The van der Waals surface area contributed by atoms with Crippen molar-refractivity contribution in [2.24, 2.45) is 4.99 Å². The zero-order chi connectivity index (χ0) is 25.9. The van der Waals surface area contributed by atoms with Gasteiger partial charge in [-0.05, 0) is 48.2 Å². The second-order valence-electron chi connectivity index (χ2n) is 8.27. The number of ether oxygens (including phenoxy) is 3. The molecule has 0 N–H and O–H groups in total. The highest BCUT2D eigenvalue weighted by atomic mass is 32.1. The molecule has 0 fully saturated rings. The SMILES string of the molecule is COc1ccc(OC)c(C=c2sc3n(c2=O)C(c2cccs2)C(C(=O)OCc2ccccc2)=C(C)N=3)c1. The van der Waals surface area contributed by atoms with Crippen LogP contribution in [0.1, 0.15) is 29.0 Å². The second kappa shape index (κ2) is 10.6. The quantitative estimate of drug-likeness (QED) is 0.336. The van der Waals surface area contributed by atoms with Crippen molar-refractivity contribution >= 4 is 34.7 Å². The number of fused-ring (bicyclic) bond motifs is 1. The number of aromatic nitrogens is 1. The molecule has 1 atom stereocenters. The molecule has 0 aliphatic carbocycles. The third-order valence-corrected chi connectivity index (χ3v) is 7.90.